The van der Waals surface area contributed by atoms with E-state index in [2.05, 4.69) is 28.8 Å². The molecule has 2 aromatic heterocycles. The van der Waals surface area contributed by atoms with E-state index in [0.717, 1.165) is 23.0 Å². The maximum absolute atomic E-state index is 12.7. The zero-order valence-corrected chi connectivity index (χ0v) is 18.1. The molecule has 2 aromatic carbocycles. The van der Waals surface area contributed by atoms with E-state index in [1.807, 2.05) is 42.6 Å². The summed E-state index contributed by atoms with van der Waals surface area (Å²) in [5.41, 5.74) is 2.85. The number of rotatable bonds is 6. The zero-order valence-electron chi connectivity index (χ0n) is 17.4. The van der Waals surface area contributed by atoms with Gasteiger partial charge in [-0.05, 0) is 42.3 Å². The molecule has 4 rings (SSSR count). The first-order chi connectivity index (χ1) is 14.9. The van der Waals surface area contributed by atoms with Crippen LogP contribution in [0, 0.1) is 5.92 Å². The minimum Gasteiger partial charge on any atom is -0.347 e. The van der Waals surface area contributed by atoms with Gasteiger partial charge < -0.3 is 9.88 Å². The summed E-state index contributed by atoms with van der Waals surface area (Å²) < 4.78 is 3.35. The summed E-state index contributed by atoms with van der Waals surface area (Å²) in [7, 11) is 0. The first kappa shape index (κ1) is 20.9. The molecule has 4 aromatic rings. The van der Waals surface area contributed by atoms with Crippen LogP contribution in [0.2, 0.25) is 5.02 Å². The first-order valence-electron chi connectivity index (χ1n) is 10.1. The molecular formula is C24H23ClN4O2. The van der Waals surface area contributed by atoms with Crippen molar-refractivity contribution in [2.24, 2.45) is 5.92 Å². The molecule has 158 valence electrons. The summed E-state index contributed by atoms with van der Waals surface area (Å²) in [6.45, 7) is 5.06. The topological polar surface area (TPSA) is 68.9 Å². The third-order valence-corrected chi connectivity index (χ3v) is 5.20. The lowest BCUT2D eigenvalue weighted by molar-refractivity contribution is -0.117. The molecule has 6 nitrogen and oxygen atoms in total. The van der Waals surface area contributed by atoms with Gasteiger partial charge in [-0.2, -0.15) is 5.10 Å². The second kappa shape index (κ2) is 8.78. The third-order valence-electron chi connectivity index (χ3n) is 4.95. The van der Waals surface area contributed by atoms with Crippen LogP contribution < -0.4 is 10.9 Å². The molecule has 0 radical (unpaired) electrons. The fraction of sp³-hybridized carbons (Fsp3) is 0.208. The lowest BCUT2D eigenvalue weighted by Crippen LogP contribution is -2.29. The van der Waals surface area contributed by atoms with Crippen molar-refractivity contribution in [3.05, 3.63) is 82.2 Å². The second-order valence-corrected chi connectivity index (χ2v) is 8.31. The average Bonchev–Trinajstić information content (AvgIpc) is 3.13. The van der Waals surface area contributed by atoms with Gasteiger partial charge in [0, 0.05) is 34.8 Å². The van der Waals surface area contributed by atoms with Gasteiger partial charge in [-0.25, -0.2) is 4.68 Å². The number of benzene rings is 2. The fourth-order valence-corrected chi connectivity index (χ4v) is 3.67. The van der Waals surface area contributed by atoms with Crippen LogP contribution in [-0.2, 0) is 17.9 Å². The molecule has 0 unspecified atom stereocenters. The van der Waals surface area contributed by atoms with E-state index < -0.39 is 0 Å². The molecule has 0 atom stereocenters. The van der Waals surface area contributed by atoms with E-state index in [4.69, 9.17) is 11.6 Å². The van der Waals surface area contributed by atoms with Crippen LogP contribution in [0.5, 0.6) is 0 Å². The lowest BCUT2D eigenvalue weighted by Gasteiger charge is -2.11. The normalized spacial score (nSPS) is 11.2. The Balaban J connectivity index is 1.55. The molecule has 0 bridgehead atoms. The molecule has 0 aliphatic carbocycles. The van der Waals surface area contributed by atoms with Crippen molar-refractivity contribution in [3.63, 3.8) is 0 Å². The summed E-state index contributed by atoms with van der Waals surface area (Å²) in [4.78, 5) is 25.0. The third kappa shape index (κ3) is 4.70. The molecule has 0 saturated heterocycles. The van der Waals surface area contributed by atoms with Crippen LogP contribution in [0.3, 0.4) is 0 Å². The van der Waals surface area contributed by atoms with Crippen molar-refractivity contribution in [2.45, 2.75) is 26.9 Å². The molecule has 0 aliphatic rings. The van der Waals surface area contributed by atoms with Crippen LogP contribution in [0.1, 0.15) is 13.8 Å². The molecule has 7 heteroatoms. The highest BCUT2D eigenvalue weighted by Gasteiger charge is 2.12. The maximum atomic E-state index is 12.7. The number of amides is 1. The van der Waals surface area contributed by atoms with Crippen LogP contribution >= 0.6 is 11.6 Å². The highest BCUT2D eigenvalue weighted by atomic mass is 35.5. The predicted molar refractivity (Wildman–Crippen MR) is 124 cm³/mol. The monoisotopic (exact) mass is 434 g/mol. The summed E-state index contributed by atoms with van der Waals surface area (Å²) in [6.07, 6.45) is 2.03. The van der Waals surface area contributed by atoms with Crippen molar-refractivity contribution >= 4 is 34.1 Å². The van der Waals surface area contributed by atoms with Crippen LogP contribution in [0.15, 0.2) is 71.7 Å². The number of nitrogens with zero attached hydrogens (tertiary/aromatic N) is 3. The van der Waals surface area contributed by atoms with Gasteiger partial charge in [0.15, 0.2) is 0 Å². The Morgan fingerprint density at radius 3 is 2.58 bits per heavy atom. The van der Waals surface area contributed by atoms with E-state index in [0.29, 0.717) is 22.3 Å². The minimum absolute atomic E-state index is 0.177. The van der Waals surface area contributed by atoms with Crippen LogP contribution in [0.25, 0.3) is 22.2 Å². The Bertz CT molecular complexity index is 1290. The zero-order chi connectivity index (χ0) is 22.0. The van der Waals surface area contributed by atoms with Gasteiger partial charge in [-0.15, -0.1) is 0 Å². The number of fused-ring (bicyclic) bond motifs is 1. The van der Waals surface area contributed by atoms with Crippen LogP contribution in [0.4, 0.5) is 5.69 Å². The fourth-order valence-electron chi connectivity index (χ4n) is 3.55. The average molecular weight is 435 g/mol. The molecule has 1 amide bonds. The molecule has 31 heavy (non-hydrogen) atoms. The maximum Gasteiger partial charge on any atom is 0.267 e. The van der Waals surface area contributed by atoms with Gasteiger partial charge in [0.05, 0.1) is 16.9 Å². The van der Waals surface area contributed by atoms with E-state index in [9.17, 15) is 9.59 Å². The van der Waals surface area contributed by atoms with Gasteiger partial charge >= 0.3 is 0 Å². The molecular weight excluding hydrogens is 412 g/mol. The van der Waals surface area contributed by atoms with Crippen molar-refractivity contribution in [1.82, 2.24) is 14.3 Å². The molecule has 1 N–H and O–H groups in total. The van der Waals surface area contributed by atoms with E-state index in [-0.39, 0.29) is 18.0 Å². The number of carbonyl (C=O) groups is 1. The Kier molecular flexibility index (Phi) is 5.91. The van der Waals surface area contributed by atoms with Crippen molar-refractivity contribution in [3.8, 4) is 11.3 Å². The van der Waals surface area contributed by atoms with E-state index in [1.165, 1.54) is 10.7 Å². The summed E-state index contributed by atoms with van der Waals surface area (Å²) in [5, 5.41) is 8.86. The lowest BCUT2D eigenvalue weighted by atomic mass is 10.1. The number of carbonyl (C=O) groups excluding carboxylic acids is 1. The second-order valence-electron chi connectivity index (χ2n) is 7.87. The Labute approximate surface area is 185 Å². The molecule has 2 heterocycles. The molecule has 0 fully saturated rings. The number of aromatic nitrogens is 3. The summed E-state index contributed by atoms with van der Waals surface area (Å²) in [6, 6.07) is 18.0. The molecule has 0 aliphatic heterocycles. The Hall–Kier alpha value is -3.38. The van der Waals surface area contributed by atoms with Gasteiger partial charge in [0.25, 0.3) is 5.56 Å². The molecule has 0 saturated carbocycles. The highest BCUT2D eigenvalue weighted by Crippen LogP contribution is 2.25. The Morgan fingerprint density at radius 1 is 1.06 bits per heavy atom. The van der Waals surface area contributed by atoms with Gasteiger partial charge in [-0.1, -0.05) is 43.6 Å². The van der Waals surface area contributed by atoms with E-state index >= 15 is 0 Å². The molecule has 0 spiro atoms. The van der Waals surface area contributed by atoms with Crippen molar-refractivity contribution in [2.75, 3.05) is 5.32 Å². The number of hydrogen-bond donors (Lipinski definition) is 1. The quantitative estimate of drug-likeness (QED) is 0.473. The predicted octanol–water partition coefficient (Wildman–Crippen LogP) is 4.81. The SMILES string of the molecule is CC(C)Cn1ccc2c(NC(=O)Cn3nc(-c4ccc(Cl)cc4)ccc3=O)cccc21. The minimum atomic E-state index is -0.339. The van der Waals surface area contributed by atoms with Crippen molar-refractivity contribution < 1.29 is 4.79 Å². The first-order valence-corrected chi connectivity index (χ1v) is 10.5. The summed E-state index contributed by atoms with van der Waals surface area (Å²) >= 11 is 5.94. The summed E-state index contributed by atoms with van der Waals surface area (Å²) in [5.74, 6) is 0.201. The van der Waals surface area contributed by atoms with Gasteiger partial charge in [0.2, 0.25) is 5.91 Å². The van der Waals surface area contributed by atoms with Gasteiger partial charge in [-0.3, -0.25) is 9.59 Å². The van der Waals surface area contributed by atoms with Crippen LogP contribution in [-0.4, -0.2) is 20.3 Å². The Morgan fingerprint density at radius 2 is 1.84 bits per heavy atom. The highest BCUT2D eigenvalue weighted by molar-refractivity contribution is 6.30. The van der Waals surface area contributed by atoms with Gasteiger partial charge in [0.1, 0.15) is 6.54 Å². The van der Waals surface area contributed by atoms with E-state index in [1.54, 1.807) is 18.2 Å². The number of anilines is 1. The largest absolute Gasteiger partial charge is 0.347 e. The number of nitrogens with one attached hydrogen (secondary N) is 1. The smallest absolute Gasteiger partial charge is 0.267 e. The number of halogens is 1. The standard InChI is InChI=1S/C24H23ClN4O2/c1-16(2)14-28-13-12-19-21(4-3-5-22(19)28)26-23(30)15-29-24(31)11-10-20(27-29)17-6-8-18(25)9-7-17/h3-13,16H,14-15H2,1-2H3,(H,26,30). The number of hydrogen-bond acceptors (Lipinski definition) is 3. The van der Waals surface area contributed by atoms with Crippen molar-refractivity contribution in [1.29, 1.82) is 0 Å².